The van der Waals surface area contributed by atoms with E-state index in [1.165, 1.54) is 21.7 Å². The molecule has 1 atom stereocenters. The number of rotatable bonds is 2. The molecular weight excluding hydrogens is 190 g/mol. The van der Waals surface area contributed by atoms with Gasteiger partial charge in [-0.05, 0) is 31.0 Å². The average Bonchev–Trinajstić information content (AvgIpc) is 2.59. The number of aryl methyl sites for hydroxylation is 1. The Balaban J connectivity index is 2.51. The van der Waals surface area contributed by atoms with Crippen LogP contribution in [-0.4, -0.2) is 4.98 Å². The summed E-state index contributed by atoms with van der Waals surface area (Å²) in [5, 5.41) is 1.27. The van der Waals surface area contributed by atoms with Gasteiger partial charge in [0.25, 0.3) is 0 Å². The van der Waals surface area contributed by atoms with Crippen LogP contribution in [0.2, 0.25) is 0 Å². The van der Waals surface area contributed by atoms with Crippen molar-refractivity contribution in [1.29, 1.82) is 0 Å². The van der Waals surface area contributed by atoms with Crippen molar-refractivity contribution >= 4 is 21.6 Å². The molecule has 1 aromatic carbocycles. The molecule has 2 rings (SSSR count). The van der Waals surface area contributed by atoms with Crippen molar-refractivity contribution in [3.05, 3.63) is 28.8 Å². The largest absolute Gasteiger partial charge is 0.241 e. The highest BCUT2D eigenvalue weighted by atomic mass is 32.1. The first kappa shape index (κ1) is 9.66. The molecule has 0 radical (unpaired) electrons. The van der Waals surface area contributed by atoms with E-state index in [2.05, 4.69) is 44.0 Å². The molecular formula is C12H15NS. The highest BCUT2D eigenvalue weighted by Crippen LogP contribution is 2.29. The lowest BCUT2D eigenvalue weighted by Crippen LogP contribution is -1.88. The van der Waals surface area contributed by atoms with Gasteiger partial charge in [-0.3, -0.25) is 0 Å². The Morgan fingerprint density at radius 2 is 2.21 bits per heavy atom. The van der Waals surface area contributed by atoms with Gasteiger partial charge in [0.2, 0.25) is 0 Å². The highest BCUT2D eigenvalue weighted by Gasteiger charge is 2.09. The van der Waals surface area contributed by atoms with Crippen molar-refractivity contribution < 1.29 is 0 Å². The molecule has 2 heteroatoms. The fourth-order valence-corrected chi connectivity index (χ4v) is 2.52. The van der Waals surface area contributed by atoms with Crippen molar-refractivity contribution in [3.63, 3.8) is 0 Å². The monoisotopic (exact) mass is 205 g/mol. The van der Waals surface area contributed by atoms with E-state index in [1.54, 1.807) is 0 Å². The summed E-state index contributed by atoms with van der Waals surface area (Å²) in [6, 6.07) is 6.49. The minimum atomic E-state index is 0.590. The predicted molar refractivity (Wildman–Crippen MR) is 63.1 cm³/mol. The third-order valence-corrected chi connectivity index (χ3v) is 3.86. The van der Waals surface area contributed by atoms with Gasteiger partial charge in [-0.1, -0.05) is 19.9 Å². The van der Waals surface area contributed by atoms with Gasteiger partial charge in [-0.2, -0.15) is 0 Å². The quantitative estimate of drug-likeness (QED) is 0.718. The van der Waals surface area contributed by atoms with E-state index in [0.29, 0.717) is 5.92 Å². The van der Waals surface area contributed by atoms with E-state index >= 15 is 0 Å². The molecule has 0 aliphatic carbocycles. The first-order valence-corrected chi connectivity index (χ1v) is 5.89. The number of nitrogens with zero attached hydrogens (tertiary/aromatic N) is 1. The van der Waals surface area contributed by atoms with Crippen LogP contribution >= 0.6 is 11.3 Å². The zero-order chi connectivity index (χ0) is 10.1. The molecule has 0 fully saturated rings. The lowest BCUT2D eigenvalue weighted by Gasteiger charge is -2.00. The van der Waals surface area contributed by atoms with Crippen LogP contribution in [0.4, 0.5) is 0 Å². The van der Waals surface area contributed by atoms with E-state index in [-0.39, 0.29) is 0 Å². The van der Waals surface area contributed by atoms with Crippen LogP contribution < -0.4 is 0 Å². The fraction of sp³-hybridized carbons (Fsp3) is 0.417. The third kappa shape index (κ3) is 1.67. The van der Waals surface area contributed by atoms with Crippen LogP contribution in [0.25, 0.3) is 10.2 Å². The molecule has 0 bridgehead atoms. The van der Waals surface area contributed by atoms with Crippen molar-refractivity contribution in [2.45, 2.75) is 33.1 Å². The average molecular weight is 205 g/mol. The number of hydrogen-bond acceptors (Lipinski definition) is 2. The Hall–Kier alpha value is -0.890. The smallest absolute Gasteiger partial charge is 0.0966 e. The number of aromatic nitrogens is 1. The molecule has 0 amide bonds. The van der Waals surface area contributed by atoms with Crippen molar-refractivity contribution in [1.82, 2.24) is 4.98 Å². The first-order valence-electron chi connectivity index (χ1n) is 5.07. The van der Waals surface area contributed by atoms with Gasteiger partial charge >= 0.3 is 0 Å². The summed E-state index contributed by atoms with van der Waals surface area (Å²) in [7, 11) is 0. The molecule has 0 saturated heterocycles. The van der Waals surface area contributed by atoms with Gasteiger partial charge in [0.05, 0.1) is 15.2 Å². The Bertz CT molecular complexity index is 445. The molecule has 2 aromatic rings. The Morgan fingerprint density at radius 3 is 2.93 bits per heavy atom. The van der Waals surface area contributed by atoms with Gasteiger partial charge in [0.15, 0.2) is 0 Å². The summed E-state index contributed by atoms with van der Waals surface area (Å²) < 4.78 is 1.31. The summed E-state index contributed by atoms with van der Waals surface area (Å²) in [6.07, 6.45) is 1.17. The van der Waals surface area contributed by atoms with Crippen LogP contribution in [0.5, 0.6) is 0 Å². The molecule has 0 N–H and O–H groups in total. The highest BCUT2D eigenvalue weighted by molar-refractivity contribution is 7.18. The molecule has 0 aliphatic rings. The molecule has 0 aliphatic heterocycles. The van der Waals surface area contributed by atoms with E-state index in [0.717, 1.165) is 5.52 Å². The summed E-state index contributed by atoms with van der Waals surface area (Å²) in [5.41, 5.74) is 2.45. The first-order chi connectivity index (χ1) is 6.70. The van der Waals surface area contributed by atoms with Crippen molar-refractivity contribution in [3.8, 4) is 0 Å². The number of thiazole rings is 1. The van der Waals surface area contributed by atoms with Crippen molar-refractivity contribution in [2.75, 3.05) is 0 Å². The Morgan fingerprint density at radius 1 is 1.43 bits per heavy atom. The molecule has 1 aromatic heterocycles. The van der Waals surface area contributed by atoms with Crippen LogP contribution in [0.3, 0.4) is 0 Å². The minimum absolute atomic E-state index is 0.590. The summed E-state index contributed by atoms with van der Waals surface area (Å²) in [6.45, 7) is 6.56. The SMILES string of the molecule is CCC(C)c1nc2cc(C)ccc2s1. The van der Waals surface area contributed by atoms with Gasteiger partial charge in [-0.25, -0.2) is 4.98 Å². The zero-order valence-corrected chi connectivity index (χ0v) is 9.69. The lowest BCUT2D eigenvalue weighted by molar-refractivity contribution is 0.729. The lowest BCUT2D eigenvalue weighted by atomic mass is 10.1. The molecule has 0 saturated carbocycles. The molecule has 1 heterocycles. The Labute approximate surface area is 88.8 Å². The van der Waals surface area contributed by atoms with Gasteiger partial charge < -0.3 is 0 Å². The second kappa shape index (κ2) is 3.70. The van der Waals surface area contributed by atoms with Crippen molar-refractivity contribution in [2.24, 2.45) is 0 Å². The van der Waals surface area contributed by atoms with Crippen LogP contribution in [0, 0.1) is 6.92 Å². The maximum Gasteiger partial charge on any atom is 0.0966 e. The number of fused-ring (bicyclic) bond motifs is 1. The predicted octanol–water partition coefficient (Wildman–Crippen LogP) is 4.12. The zero-order valence-electron chi connectivity index (χ0n) is 8.87. The molecule has 0 spiro atoms. The molecule has 1 unspecified atom stereocenters. The molecule has 14 heavy (non-hydrogen) atoms. The van der Waals surface area contributed by atoms with Crippen LogP contribution in [0.15, 0.2) is 18.2 Å². The molecule has 74 valence electrons. The topological polar surface area (TPSA) is 12.9 Å². The normalized spacial score (nSPS) is 13.4. The maximum absolute atomic E-state index is 4.66. The second-order valence-corrected chi connectivity index (χ2v) is 4.89. The minimum Gasteiger partial charge on any atom is -0.241 e. The van der Waals surface area contributed by atoms with Crippen LogP contribution in [0.1, 0.15) is 36.8 Å². The number of benzene rings is 1. The summed E-state index contributed by atoms with van der Waals surface area (Å²) in [5.74, 6) is 0.590. The summed E-state index contributed by atoms with van der Waals surface area (Å²) >= 11 is 1.83. The second-order valence-electron chi connectivity index (χ2n) is 3.83. The molecule has 1 nitrogen and oxygen atoms in total. The van der Waals surface area contributed by atoms with Crippen LogP contribution in [-0.2, 0) is 0 Å². The van der Waals surface area contributed by atoms with E-state index in [4.69, 9.17) is 0 Å². The standard InChI is InChI=1S/C12H15NS/c1-4-9(3)12-13-10-7-8(2)5-6-11(10)14-12/h5-7,9H,4H2,1-3H3. The van der Waals surface area contributed by atoms with Gasteiger partial charge in [0, 0.05) is 5.92 Å². The number of hydrogen-bond donors (Lipinski definition) is 0. The van der Waals surface area contributed by atoms with Gasteiger partial charge in [0.1, 0.15) is 0 Å². The summed E-state index contributed by atoms with van der Waals surface area (Å²) in [4.78, 5) is 4.66. The fourth-order valence-electron chi connectivity index (χ4n) is 1.44. The Kier molecular flexibility index (Phi) is 2.55. The third-order valence-electron chi connectivity index (χ3n) is 2.59. The van der Waals surface area contributed by atoms with Gasteiger partial charge in [-0.15, -0.1) is 11.3 Å². The van der Waals surface area contributed by atoms with E-state index in [9.17, 15) is 0 Å². The van der Waals surface area contributed by atoms with E-state index in [1.807, 2.05) is 11.3 Å². The maximum atomic E-state index is 4.66. The van der Waals surface area contributed by atoms with E-state index < -0.39 is 0 Å².